The van der Waals surface area contributed by atoms with E-state index in [0.717, 1.165) is 41.5 Å². The highest BCUT2D eigenvalue weighted by atomic mass is 79.9. The number of halogens is 1. The molecule has 0 spiro atoms. The number of rotatable bonds is 1. The summed E-state index contributed by atoms with van der Waals surface area (Å²) in [4.78, 5) is 16.4. The summed E-state index contributed by atoms with van der Waals surface area (Å²) < 4.78 is 1.02. The van der Waals surface area contributed by atoms with Gasteiger partial charge in [0.15, 0.2) is 0 Å². The summed E-state index contributed by atoms with van der Waals surface area (Å²) in [5.74, 6) is 0.156. The lowest BCUT2D eigenvalue weighted by Gasteiger charge is -2.41. The van der Waals surface area contributed by atoms with Crippen molar-refractivity contribution in [1.82, 2.24) is 0 Å². The molecule has 1 aromatic rings. The van der Waals surface area contributed by atoms with E-state index in [2.05, 4.69) is 22.0 Å². The van der Waals surface area contributed by atoms with Crippen LogP contribution >= 0.6 is 15.9 Å². The lowest BCUT2D eigenvalue weighted by atomic mass is 9.91. The Morgan fingerprint density at radius 2 is 1.90 bits per heavy atom. The van der Waals surface area contributed by atoms with E-state index >= 15 is 0 Å². The summed E-state index contributed by atoms with van der Waals surface area (Å²) in [7, 11) is 1.95. The second-order valence-corrected chi connectivity index (χ2v) is 6.63. The van der Waals surface area contributed by atoms with Crippen LogP contribution in [0, 0.1) is 0 Å². The molecule has 20 heavy (non-hydrogen) atoms. The maximum atomic E-state index is 12.4. The van der Waals surface area contributed by atoms with Gasteiger partial charge in [-0.25, -0.2) is 0 Å². The highest BCUT2D eigenvalue weighted by molar-refractivity contribution is 9.10. The molecule has 0 atom stereocenters. The number of likely N-dealkylation sites (N-methyl/N-ethyl adjacent to an activating group) is 1. The summed E-state index contributed by atoms with van der Waals surface area (Å²) in [6.45, 7) is 0.419. The van der Waals surface area contributed by atoms with E-state index in [9.17, 15) is 9.90 Å². The molecule has 1 saturated carbocycles. The third kappa shape index (κ3) is 2.44. The number of amides is 1. The van der Waals surface area contributed by atoms with Crippen molar-refractivity contribution in [3.63, 3.8) is 0 Å². The van der Waals surface area contributed by atoms with Gasteiger partial charge in [-0.15, -0.1) is 0 Å². The predicted molar refractivity (Wildman–Crippen MR) is 83.2 cm³/mol. The van der Waals surface area contributed by atoms with Gasteiger partial charge in [0.1, 0.15) is 0 Å². The second kappa shape index (κ2) is 5.37. The molecular formula is C15H19BrN2O2. The van der Waals surface area contributed by atoms with Crippen LogP contribution < -0.4 is 9.80 Å². The summed E-state index contributed by atoms with van der Waals surface area (Å²) in [5, 5.41) is 9.65. The molecule has 1 aromatic carbocycles. The third-order valence-corrected chi connectivity index (χ3v) is 4.77. The fraction of sp³-hybridized carbons (Fsp3) is 0.533. The van der Waals surface area contributed by atoms with Crippen molar-refractivity contribution >= 4 is 33.2 Å². The molecule has 0 saturated heterocycles. The zero-order valence-corrected chi connectivity index (χ0v) is 13.1. The van der Waals surface area contributed by atoms with Crippen LogP contribution in [0.5, 0.6) is 0 Å². The van der Waals surface area contributed by atoms with Crippen LogP contribution in [0.25, 0.3) is 0 Å². The third-order valence-electron chi connectivity index (χ3n) is 4.28. The van der Waals surface area contributed by atoms with E-state index in [1.54, 1.807) is 0 Å². The molecule has 0 aromatic heterocycles. The molecule has 1 aliphatic heterocycles. The quantitative estimate of drug-likeness (QED) is 0.855. The van der Waals surface area contributed by atoms with Gasteiger partial charge in [-0.05, 0) is 43.9 Å². The summed E-state index contributed by atoms with van der Waals surface area (Å²) in [5.41, 5.74) is 2.08. The highest BCUT2D eigenvalue weighted by Gasteiger charge is 2.34. The summed E-state index contributed by atoms with van der Waals surface area (Å²) in [6, 6.07) is 6.28. The van der Waals surface area contributed by atoms with Gasteiger partial charge < -0.3 is 14.9 Å². The van der Waals surface area contributed by atoms with Crippen LogP contribution in [0.15, 0.2) is 22.7 Å². The number of benzene rings is 1. The van der Waals surface area contributed by atoms with E-state index < -0.39 is 0 Å². The number of fused-ring (bicyclic) bond motifs is 1. The topological polar surface area (TPSA) is 43.8 Å². The van der Waals surface area contributed by atoms with Gasteiger partial charge in [0, 0.05) is 17.6 Å². The van der Waals surface area contributed by atoms with E-state index in [4.69, 9.17) is 0 Å². The van der Waals surface area contributed by atoms with E-state index in [-0.39, 0.29) is 18.1 Å². The largest absolute Gasteiger partial charge is 0.393 e. The van der Waals surface area contributed by atoms with Crippen LogP contribution in [-0.4, -0.2) is 36.8 Å². The monoisotopic (exact) mass is 338 g/mol. The van der Waals surface area contributed by atoms with Gasteiger partial charge in [0.25, 0.3) is 0 Å². The van der Waals surface area contributed by atoms with Crippen molar-refractivity contribution in [3.05, 3.63) is 22.7 Å². The molecule has 1 heterocycles. The average Bonchev–Trinajstić information content (AvgIpc) is 2.41. The van der Waals surface area contributed by atoms with Crippen molar-refractivity contribution in [2.75, 3.05) is 23.4 Å². The fourth-order valence-corrected chi connectivity index (χ4v) is 3.57. The van der Waals surface area contributed by atoms with Gasteiger partial charge in [0.05, 0.1) is 24.0 Å². The first-order valence-corrected chi connectivity index (χ1v) is 7.86. The molecule has 2 aliphatic rings. The number of anilines is 2. The number of aliphatic hydroxyl groups excluding tert-OH is 1. The number of aliphatic hydroxyl groups is 1. The van der Waals surface area contributed by atoms with Gasteiger partial charge in [-0.3, -0.25) is 4.79 Å². The Bertz CT molecular complexity index is 527. The Balaban J connectivity index is 1.95. The average molecular weight is 339 g/mol. The highest BCUT2D eigenvalue weighted by Crippen LogP contribution is 2.38. The lowest BCUT2D eigenvalue weighted by Crippen LogP contribution is -2.50. The predicted octanol–water partition coefficient (Wildman–Crippen LogP) is 2.54. The molecule has 3 rings (SSSR count). The minimum absolute atomic E-state index is 0.156. The molecule has 5 heteroatoms. The molecule has 1 aliphatic carbocycles. The fourth-order valence-electron chi connectivity index (χ4n) is 3.22. The first-order chi connectivity index (χ1) is 9.56. The second-order valence-electron chi connectivity index (χ2n) is 5.72. The Hall–Kier alpha value is -1.07. The van der Waals surface area contributed by atoms with E-state index in [1.165, 1.54) is 0 Å². The number of carbonyl (C=O) groups excluding carboxylic acids is 1. The van der Waals surface area contributed by atoms with Crippen molar-refractivity contribution in [1.29, 1.82) is 0 Å². The maximum absolute atomic E-state index is 12.4. The molecule has 0 unspecified atom stereocenters. The van der Waals surface area contributed by atoms with Gasteiger partial charge >= 0.3 is 0 Å². The number of hydrogen-bond donors (Lipinski definition) is 1. The Labute approximate surface area is 127 Å². The van der Waals surface area contributed by atoms with E-state index in [0.29, 0.717) is 6.54 Å². The minimum Gasteiger partial charge on any atom is -0.393 e. The smallest absolute Gasteiger partial charge is 0.246 e. The standard InChI is InChI=1S/C15H19BrN2O2/c1-17-9-15(20)18(11-3-5-12(19)6-4-11)13-7-2-10(16)8-14(13)17/h2,7-8,11-12,19H,3-6,9H2,1H3. The molecule has 0 bridgehead atoms. The molecule has 1 N–H and O–H groups in total. The van der Waals surface area contributed by atoms with Crippen molar-refractivity contribution in [3.8, 4) is 0 Å². The maximum Gasteiger partial charge on any atom is 0.246 e. The molecule has 1 fully saturated rings. The van der Waals surface area contributed by atoms with Crippen LogP contribution in [0.4, 0.5) is 11.4 Å². The Kier molecular flexibility index (Phi) is 3.73. The minimum atomic E-state index is -0.196. The van der Waals surface area contributed by atoms with Crippen molar-refractivity contribution in [2.24, 2.45) is 0 Å². The SMILES string of the molecule is CN1CC(=O)N(C2CCC(O)CC2)c2ccc(Br)cc21. The first kappa shape index (κ1) is 13.9. The zero-order chi connectivity index (χ0) is 14.3. The molecule has 0 radical (unpaired) electrons. The molecule has 1 amide bonds. The van der Waals surface area contributed by atoms with Crippen LogP contribution in [-0.2, 0) is 4.79 Å². The normalized spacial score (nSPS) is 26.6. The van der Waals surface area contributed by atoms with Crippen LogP contribution in [0.1, 0.15) is 25.7 Å². The van der Waals surface area contributed by atoms with Crippen LogP contribution in [0.2, 0.25) is 0 Å². The van der Waals surface area contributed by atoms with Gasteiger partial charge in [0.2, 0.25) is 5.91 Å². The molecular weight excluding hydrogens is 320 g/mol. The number of carbonyl (C=O) groups is 1. The summed E-state index contributed by atoms with van der Waals surface area (Å²) >= 11 is 3.49. The molecule has 108 valence electrons. The van der Waals surface area contributed by atoms with Gasteiger partial charge in [-0.2, -0.15) is 0 Å². The summed E-state index contributed by atoms with van der Waals surface area (Å²) in [6.07, 6.45) is 3.14. The van der Waals surface area contributed by atoms with Gasteiger partial charge in [-0.1, -0.05) is 15.9 Å². The first-order valence-electron chi connectivity index (χ1n) is 7.07. The van der Waals surface area contributed by atoms with Crippen molar-refractivity contribution in [2.45, 2.75) is 37.8 Å². The Morgan fingerprint density at radius 3 is 2.60 bits per heavy atom. The lowest BCUT2D eigenvalue weighted by molar-refractivity contribution is -0.118. The molecule has 4 nitrogen and oxygen atoms in total. The Morgan fingerprint density at radius 1 is 1.20 bits per heavy atom. The zero-order valence-electron chi connectivity index (χ0n) is 11.6. The number of hydrogen-bond acceptors (Lipinski definition) is 3. The van der Waals surface area contributed by atoms with Crippen LogP contribution in [0.3, 0.4) is 0 Å². The van der Waals surface area contributed by atoms with E-state index in [1.807, 2.05) is 29.0 Å². The van der Waals surface area contributed by atoms with Crippen molar-refractivity contribution < 1.29 is 9.90 Å². The number of nitrogens with zero attached hydrogens (tertiary/aromatic N) is 2.